The number of carbonyl (C=O) groups is 2. The molecule has 0 unspecified atom stereocenters. The summed E-state index contributed by atoms with van der Waals surface area (Å²) in [4.78, 5) is 38.2. The summed E-state index contributed by atoms with van der Waals surface area (Å²) in [6.07, 6.45) is 0.703. The van der Waals surface area contributed by atoms with Crippen molar-refractivity contribution in [1.29, 1.82) is 0 Å². The summed E-state index contributed by atoms with van der Waals surface area (Å²) in [5, 5.41) is 6.04. The Kier molecular flexibility index (Phi) is 5.09. The van der Waals surface area contributed by atoms with Gasteiger partial charge in [0, 0.05) is 16.6 Å². The predicted octanol–water partition coefficient (Wildman–Crippen LogP) is 3.10. The highest BCUT2D eigenvalue weighted by atomic mass is 32.1. The maximum Gasteiger partial charge on any atom is 0.290 e. The number of hydrogen-bond acceptors (Lipinski definition) is 5. The van der Waals surface area contributed by atoms with E-state index in [0.29, 0.717) is 28.6 Å². The van der Waals surface area contributed by atoms with Crippen LogP contribution in [-0.2, 0) is 6.54 Å². The molecule has 0 saturated heterocycles. The first kappa shape index (κ1) is 18.8. The topological polar surface area (TPSA) is 93.1 Å². The van der Waals surface area contributed by atoms with Crippen LogP contribution in [0.25, 0.3) is 20.9 Å². The van der Waals surface area contributed by atoms with Gasteiger partial charge in [0.2, 0.25) is 0 Å². The third kappa shape index (κ3) is 3.62. The van der Waals surface area contributed by atoms with Crippen molar-refractivity contribution in [3.63, 3.8) is 0 Å². The Morgan fingerprint density at radius 2 is 1.69 bits per heavy atom. The van der Waals surface area contributed by atoms with E-state index in [1.165, 1.54) is 16.0 Å². The minimum atomic E-state index is -0.583. The lowest BCUT2D eigenvalue weighted by atomic mass is 10.1. The van der Waals surface area contributed by atoms with Crippen LogP contribution in [0.15, 0.2) is 59.4 Å². The van der Waals surface area contributed by atoms with Crippen molar-refractivity contribution in [2.75, 3.05) is 0 Å². The van der Waals surface area contributed by atoms with Crippen LogP contribution in [0.4, 0.5) is 0 Å². The number of carbonyl (C=O) groups excluding carboxylic acids is 2. The molecule has 2 amide bonds. The van der Waals surface area contributed by atoms with Crippen LogP contribution in [-0.4, -0.2) is 21.6 Å². The fourth-order valence-electron chi connectivity index (χ4n) is 3.09. The first-order valence-corrected chi connectivity index (χ1v) is 9.99. The van der Waals surface area contributed by atoms with Gasteiger partial charge >= 0.3 is 0 Å². The van der Waals surface area contributed by atoms with E-state index in [9.17, 15) is 14.4 Å². The largest absolute Gasteiger partial charge is 0.290 e. The van der Waals surface area contributed by atoms with Crippen LogP contribution in [0.5, 0.6) is 0 Å². The van der Waals surface area contributed by atoms with Gasteiger partial charge in [-0.1, -0.05) is 43.3 Å². The molecule has 0 spiro atoms. The summed E-state index contributed by atoms with van der Waals surface area (Å²) in [5.74, 6) is -0.994. The zero-order chi connectivity index (χ0) is 20.4. The van der Waals surface area contributed by atoms with E-state index < -0.39 is 11.8 Å². The number of nitrogens with zero attached hydrogens (tertiary/aromatic N) is 2. The zero-order valence-corrected chi connectivity index (χ0v) is 16.5. The summed E-state index contributed by atoms with van der Waals surface area (Å²) in [5.41, 5.74) is 4.69. The molecule has 2 aromatic carbocycles. The molecule has 0 aliphatic rings. The summed E-state index contributed by atoms with van der Waals surface area (Å²) in [6.45, 7) is 2.33. The molecule has 0 bridgehead atoms. The Morgan fingerprint density at radius 1 is 1.00 bits per heavy atom. The molecule has 0 atom stereocenters. The average molecular weight is 406 g/mol. The number of benzene rings is 2. The smallest absolute Gasteiger partial charge is 0.267 e. The van der Waals surface area contributed by atoms with E-state index in [-0.39, 0.29) is 11.3 Å². The van der Waals surface area contributed by atoms with Crippen molar-refractivity contribution < 1.29 is 9.59 Å². The molecule has 0 radical (unpaired) electrons. The summed E-state index contributed by atoms with van der Waals surface area (Å²) in [7, 11) is 0. The predicted molar refractivity (Wildman–Crippen MR) is 113 cm³/mol. The van der Waals surface area contributed by atoms with Crippen LogP contribution in [0, 0.1) is 0 Å². The molecule has 2 N–H and O–H groups in total. The minimum absolute atomic E-state index is 0.0882. The lowest BCUT2D eigenvalue weighted by Crippen LogP contribution is -2.42. The highest BCUT2D eigenvalue weighted by Gasteiger charge is 2.18. The molecule has 29 heavy (non-hydrogen) atoms. The summed E-state index contributed by atoms with van der Waals surface area (Å²) < 4.78 is 2.27. The molecule has 4 rings (SSSR count). The van der Waals surface area contributed by atoms with Gasteiger partial charge in [-0.3, -0.25) is 25.2 Å². The molecule has 8 heteroatoms. The lowest BCUT2D eigenvalue weighted by Gasteiger charge is -2.11. The van der Waals surface area contributed by atoms with Gasteiger partial charge in [-0.25, -0.2) is 4.68 Å². The van der Waals surface area contributed by atoms with Crippen molar-refractivity contribution in [3.8, 4) is 0 Å². The summed E-state index contributed by atoms with van der Waals surface area (Å²) >= 11 is 1.34. The highest BCUT2D eigenvalue weighted by Crippen LogP contribution is 2.24. The molecule has 0 saturated carbocycles. The Morgan fingerprint density at radius 3 is 2.45 bits per heavy atom. The fourth-order valence-corrected chi connectivity index (χ4v) is 4.05. The van der Waals surface area contributed by atoms with Crippen LogP contribution in [0.2, 0.25) is 0 Å². The van der Waals surface area contributed by atoms with Gasteiger partial charge in [0.25, 0.3) is 17.4 Å². The van der Waals surface area contributed by atoms with Crippen LogP contribution in [0.1, 0.15) is 33.5 Å². The zero-order valence-electron chi connectivity index (χ0n) is 15.6. The second-order valence-corrected chi connectivity index (χ2v) is 7.56. The molecule has 0 aliphatic heterocycles. The minimum Gasteiger partial charge on any atom is -0.267 e. The number of fused-ring (bicyclic) bond motifs is 2. The molecule has 0 aliphatic carbocycles. The van der Waals surface area contributed by atoms with Crippen LogP contribution in [0.3, 0.4) is 0 Å². The van der Waals surface area contributed by atoms with E-state index in [1.54, 1.807) is 30.3 Å². The van der Waals surface area contributed by atoms with Crippen molar-refractivity contribution in [2.24, 2.45) is 0 Å². The van der Waals surface area contributed by atoms with Gasteiger partial charge in [0.15, 0.2) is 5.69 Å². The second kappa shape index (κ2) is 7.84. The van der Waals surface area contributed by atoms with Gasteiger partial charge in [-0.2, -0.15) is 5.10 Å². The molecule has 2 aromatic heterocycles. The fraction of sp³-hybridized carbons (Fsp3) is 0.143. The van der Waals surface area contributed by atoms with Gasteiger partial charge in [-0.15, -0.1) is 11.3 Å². The van der Waals surface area contributed by atoms with E-state index in [4.69, 9.17) is 0 Å². The number of amides is 2. The quantitative estimate of drug-likeness (QED) is 0.509. The number of thiophene rings is 1. The number of hydrogen-bond donors (Lipinski definition) is 2. The standard InChI is InChI=1S/C21H18N4O3S/c1-2-11-25-21(28)15-9-5-4-8-14(15)18(24-25)20(27)23-22-19(26)17-12-13-7-3-6-10-16(13)29-17/h3-10,12H,2,11H2,1H3,(H,22,26)(H,23,27). The van der Waals surface area contributed by atoms with Crippen molar-refractivity contribution in [1.82, 2.24) is 20.6 Å². The number of aromatic nitrogens is 2. The molecular formula is C21H18N4O3S. The Labute approximate surface area is 169 Å². The molecule has 7 nitrogen and oxygen atoms in total. The number of rotatable bonds is 4. The average Bonchev–Trinajstić information content (AvgIpc) is 3.18. The van der Waals surface area contributed by atoms with E-state index in [1.807, 2.05) is 31.2 Å². The first-order valence-electron chi connectivity index (χ1n) is 9.17. The molecule has 2 heterocycles. The van der Waals surface area contributed by atoms with E-state index >= 15 is 0 Å². The Hall–Kier alpha value is -3.52. The number of hydrazine groups is 1. The van der Waals surface area contributed by atoms with E-state index in [2.05, 4.69) is 16.0 Å². The highest BCUT2D eigenvalue weighted by molar-refractivity contribution is 7.20. The monoisotopic (exact) mass is 406 g/mol. The van der Waals surface area contributed by atoms with Gasteiger partial charge in [0.1, 0.15) is 0 Å². The molecular weight excluding hydrogens is 388 g/mol. The Bertz CT molecular complexity index is 1260. The van der Waals surface area contributed by atoms with Gasteiger partial charge < -0.3 is 0 Å². The van der Waals surface area contributed by atoms with Crippen LogP contribution < -0.4 is 16.4 Å². The van der Waals surface area contributed by atoms with Crippen molar-refractivity contribution in [3.05, 3.63) is 75.5 Å². The molecule has 4 aromatic rings. The second-order valence-electron chi connectivity index (χ2n) is 6.48. The molecule has 146 valence electrons. The SMILES string of the molecule is CCCn1nc(C(=O)NNC(=O)c2cc3ccccc3s2)c2ccccc2c1=O. The summed E-state index contributed by atoms with van der Waals surface area (Å²) in [6, 6.07) is 16.3. The molecule has 0 fully saturated rings. The third-order valence-corrected chi connectivity index (χ3v) is 5.57. The number of nitrogens with one attached hydrogen (secondary N) is 2. The maximum atomic E-state index is 12.7. The third-order valence-electron chi connectivity index (χ3n) is 4.46. The van der Waals surface area contributed by atoms with Crippen molar-refractivity contribution >= 4 is 44.0 Å². The Balaban J connectivity index is 1.59. The van der Waals surface area contributed by atoms with E-state index in [0.717, 1.165) is 10.1 Å². The van der Waals surface area contributed by atoms with Gasteiger partial charge in [-0.05, 0) is 30.0 Å². The maximum absolute atomic E-state index is 12.7. The van der Waals surface area contributed by atoms with Gasteiger partial charge in [0.05, 0.1) is 10.3 Å². The van der Waals surface area contributed by atoms with Crippen molar-refractivity contribution in [2.45, 2.75) is 19.9 Å². The normalized spacial score (nSPS) is 10.9. The van der Waals surface area contributed by atoms with Crippen LogP contribution >= 0.6 is 11.3 Å². The lowest BCUT2D eigenvalue weighted by molar-refractivity contribution is 0.0846. The number of aryl methyl sites for hydroxylation is 1. The first-order chi connectivity index (χ1) is 14.1.